The van der Waals surface area contributed by atoms with Gasteiger partial charge in [0.05, 0.1) is 40.0 Å². The van der Waals surface area contributed by atoms with Gasteiger partial charge in [-0.05, 0) is 38.5 Å². The summed E-state index contributed by atoms with van der Waals surface area (Å²) in [6, 6.07) is 2.50. The van der Waals surface area contributed by atoms with E-state index in [4.69, 9.17) is 0 Å². The summed E-state index contributed by atoms with van der Waals surface area (Å²) < 4.78 is 62.1. The number of pyridine rings is 2. The second-order valence-corrected chi connectivity index (χ2v) is 10.8. The van der Waals surface area contributed by atoms with Gasteiger partial charge in [-0.3, -0.25) is 14.8 Å². The van der Waals surface area contributed by atoms with Gasteiger partial charge in [0.25, 0.3) is 5.91 Å². The summed E-state index contributed by atoms with van der Waals surface area (Å²) >= 11 is 0. The van der Waals surface area contributed by atoms with Crippen LogP contribution in [0.5, 0.6) is 0 Å². The number of halogens is 3. The molecular weight excluding hydrogens is 459 g/mol. The SMILES string of the molecule is Cc1cc(-c2cncc(S(C)(=O)=O)c2)nc2c1C(=O)N(C1C=NN(CC(F)(F)F)C1)C2(C)C. The van der Waals surface area contributed by atoms with Crippen molar-refractivity contribution in [3.8, 4) is 11.3 Å². The van der Waals surface area contributed by atoms with E-state index in [2.05, 4.69) is 15.1 Å². The van der Waals surface area contributed by atoms with E-state index in [0.29, 0.717) is 28.1 Å². The topological polar surface area (TPSA) is 95.8 Å². The third-order valence-electron chi connectivity index (χ3n) is 5.76. The molecule has 1 atom stereocenters. The molecule has 0 saturated heterocycles. The molecule has 0 spiro atoms. The average molecular weight is 482 g/mol. The second kappa shape index (κ2) is 7.51. The second-order valence-electron chi connectivity index (χ2n) is 8.76. The summed E-state index contributed by atoms with van der Waals surface area (Å²) in [6.07, 6.45) is 0.776. The molecule has 4 heterocycles. The number of aromatic nitrogens is 2. The maximum atomic E-state index is 13.3. The lowest BCUT2D eigenvalue weighted by molar-refractivity contribution is -0.145. The number of fused-ring (bicyclic) bond motifs is 1. The Kier molecular flexibility index (Phi) is 5.26. The predicted octanol–water partition coefficient (Wildman–Crippen LogP) is 2.78. The lowest BCUT2D eigenvalue weighted by atomic mass is 9.95. The van der Waals surface area contributed by atoms with E-state index in [9.17, 15) is 26.4 Å². The Bertz CT molecular complexity index is 1270. The van der Waals surface area contributed by atoms with Gasteiger partial charge in [0.1, 0.15) is 6.54 Å². The summed E-state index contributed by atoms with van der Waals surface area (Å²) in [6.45, 7) is 4.03. The molecule has 0 radical (unpaired) electrons. The molecule has 0 aromatic carbocycles. The van der Waals surface area contributed by atoms with Crippen LogP contribution < -0.4 is 0 Å². The van der Waals surface area contributed by atoms with Crippen molar-refractivity contribution >= 4 is 22.0 Å². The van der Waals surface area contributed by atoms with Gasteiger partial charge in [-0.15, -0.1) is 0 Å². The highest BCUT2D eigenvalue weighted by Gasteiger charge is 2.49. The molecule has 8 nitrogen and oxygen atoms in total. The Morgan fingerprint density at radius 2 is 1.91 bits per heavy atom. The van der Waals surface area contributed by atoms with E-state index in [0.717, 1.165) is 11.3 Å². The van der Waals surface area contributed by atoms with Gasteiger partial charge in [0.2, 0.25) is 0 Å². The molecule has 0 fully saturated rings. The summed E-state index contributed by atoms with van der Waals surface area (Å²) in [5.41, 5.74) is 1.48. The van der Waals surface area contributed by atoms with Gasteiger partial charge < -0.3 is 4.90 Å². The third-order valence-corrected chi connectivity index (χ3v) is 6.84. The number of rotatable bonds is 4. The molecule has 1 unspecified atom stereocenters. The van der Waals surface area contributed by atoms with Crippen molar-refractivity contribution in [1.82, 2.24) is 19.9 Å². The smallest absolute Gasteiger partial charge is 0.318 e. The van der Waals surface area contributed by atoms with E-state index < -0.39 is 34.1 Å². The maximum Gasteiger partial charge on any atom is 0.407 e. The molecule has 4 rings (SSSR count). The van der Waals surface area contributed by atoms with E-state index in [-0.39, 0.29) is 17.3 Å². The van der Waals surface area contributed by atoms with Crippen LogP contribution in [0.3, 0.4) is 0 Å². The van der Waals surface area contributed by atoms with Crippen molar-refractivity contribution in [3.05, 3.63) is 41.3 Å². The number of amides is 1. The van der Waals surface area contributed by atoms with Gasteiger partial charge in [0, 0.05) is 30.4 Å². The minimum atomic E-state index is -4.40. The molecule has 33 heavy (non-hydrogen) atoms. The van der Waals surface area contributed by atoms with E-state index in [1.165, 1.54) is 29.6 Å². The summed E-state index contributed by atoms with van der Waals surface area (Å²) in [7, 11) is -3.48. The Balaban J connectivity index is 1.71. The van der Waals surface area contributed by atoms with Gasteiger partial charge in [0.15, 0.2) is 9.84 Å². The zero-order chi connectivity index (χ0) is 24.3. The third kappa shape index (κ3) is 4.19. The number of hydrazone groups is 1. The van der Waals surface area contributed by atoms with Crippen LogP contribution in [0.1, 0.15) is 35.5 Å². The normalized spacial score (nSPS) is 20.0. The molecule has 0 saturated carbocycles. The van der Waals surface area contributed by atoms with Crippen LogP contribution in [0, 0.1) is 6.92 Å². The summed E-state index contributed by atoms with van der Waals surface area (Å²) in [4.78, 5) is 23.6. The highest BCUT2D eigenvalue weighted by Crippen LogP contribution is 2.42. The minimum Gasteiger partial charge on any atom is -0.318 e. The van der Waals surface area contributed by atoms with Gasteiger partial charge in [-0.2, -0.15) is 18.3 Å². The summed E-state index contributed by atoms with van der Waals surface area (Å²) in [5, 5.41) is 4.73. The number of aryl methyl sites for hydroxylation is 1. The first-order valence-electron chi connectivity index (χ1n) is 10.1. The largest absolute Gasteiger partial charge is 0.407 e. The van der Waals surface area contributed by atoms with Crippen LogP contribution in [0.2, 0.25) is 0 Å². The fourth-order valence-electron chi connectivity index (χ4n) is 4.29. The monoisotopic (exact) mass is 481 g/mol. The Labute approximate surface area is 189 Å². The lowest BCUT2D eigenvalue weighted by Crippen LogP contribution is -2.49. The molecule has 12 heteroatoms. The van der Waals surface area contributed by atoms with Crippen molar-refractivity contribution < 1.29 is 26.4 Å². The zero-order valence-corrected chi connectivity index (χ0v) is 19.2. The molecule has 0 aliphatic carbocycles. The quantitative estimate of drug-likeness (QED) is 0.667. The molecule has 176 valence electrons. The van der Waals surface area contributed by atoms with Crippen molar-refractivity contribution in [2.75, 3.05) is 19.3 Å². The molecule has 2 aliphatic heterocycles. The zero-order valence-electron chi connectivity index (χ0n) is 18.4. The highest BCUT2D eigenvalue weighted by atomic mass is 32.2. The predicted molar refractivity (Wildman–Crippen MR) is 114 cm³/mol. The van der Waals surface area contributed by atoms with Crippen LogP contribution in [0.15, 0.2) is 34.5 Å². The lowest BCUT2D eigenvalue weighted by Gasteiger charge is -2.35. The number of carbonyl (C=O) groups is 1. The Hall–Kier alpha value is -3.02. The number of alkyl halides is 3. The van der Waals surface area contributed by atoms with Crippen LogP contribution >= 0.6 is 0 Å². The van der Waals surface area contributed by atoms with E-state index in [1.54, 1.807) is 26.8 Å². The molecule has 0 N–H and O–H groups in total. The van der Waals surface area contributed by atoms with E-state index >= 15 is 0 Å². The number of carbonyl (C=O) groups excluding carboxylic acids is 1. The van der Waals surface area contributed by atoms with Crippen LogP contribution in [-0.2, 0) is 15.4 Å². The number of sulfone groups is 1. The van der Waals surface area contributed by atoms with Crippen molar-refractivity contribution in [2.45, 2.75) is 43.4 Å². The van der Waals surface area contributed by atoms with Crippen LogP contribution in [0.4, 0.5) is 13.2 Å². The first-order chi connectivity index (χ1) is 15.2. The molecule has 2 aliphatic rings. The van der Waals surface area contributed by atoms with Crippen LogP contribution in [0.25, 0.3) is 11.3 Å². The molecule has 2 aromatic heterocycles. The van der Waals surface area contributed by atoms with Gasteiger partial charge in [-0.1, -0.05) is 0 Å². The molecular formula is C21H22F3N5O3S. The fraction of sp³-hybridized carbons (Fsp3) is 0.429. The molecule has 0 bridgehead atoms. The number of hydrogen-bond acceptors (Lipinski definition) is 7. The van der Waals surface area contributed by atoms with Gasteiger partial charge >= 0.3 is 6.18 Å². The van der Waals surface area contributed by atoms with Crippen LogP contribution in [-0.4, -0.2) is 72.0 Å². The van der Waals surface area contributed by atoms with Crippen molar-refractivity contribution in [2.24, 2.45) is 5.10 Å². The van der Waals surface area contributed by atoms with E-state index in [1.807, 2.05) is 0 Å². The first-order valence-corrected chi connectivity index (χ1v) is 11.9. The highest BCUT2D eigenvalue weighted by molar-refractivity contribution is 7.90. The Morgan fingerprint density at radius 1 is 1.21 bits per heavy atom. The van der Waals surface area contributed by atoms with Crippen molar-refractivity contribution in [1.29, 1.82) is 0 Å². The summed E-state index contributed by atoms with van der Waals surface area (Å²) in [5.74, 6) is -0.333. The van der Waals surface area contributed by atoms with Crippen molar-refractivity contribution in [3.63, 3.8) is 0 Å². The molecule has 1 amide bonds. The number of hydrogen-bond donors (Lipinski definition) is 0. The fourth-order valence-corrected chi connectivity index (χ4v) is 4.88. The minimum absolute atomic E-state index is 0.0452. The first kappa shape index (κ1) is 23.1. The number of nitrogens with zero attached hydrogens (tertiary/aromatic N) is 5. The standard InChI is InChI=1S/C21H22F3N5O3S/c1-12-5-16(13-6-15(9-25-7-13)33(4,31)32)27-18-17(12)19(30)29(20(18,2)3)14-8-26-28(10-14)11-21(22,23)24/h5-9,14H,10-11H2,1-4H3. The average Bonchev–Trinajstić information content (AvgIpc) is 3.19. The Morgan fingerprint density at radius 3 is 2.55 bits per heavy atom. The molecule has 2 aromatic rings. The van der Waals surface area contributed by atoms with Gasteiger partial charge in [-0.25, -0.2) is 13.4 Å². The maximum absolute atomic E-state index is 13.3.